The van der Waals surface area contributed by atoms with Gasteiger partial charge < -0.3 is 20.1 Å². The van der Waals surface area contributed by atoms with Gasteiger partial charge in [0.05, 0.1) is 6.61 Å². The molecular formula is C16H27N5O3. The molecule has 1 saturated heterocycles. The fourth-order valence-electron chi connectivity index (χ4n) is 2.59. The van der Waals surface area contributed by atoms with E-state index in [2.05, 4.69) is 25.8 Å². The van der Waals surface area contributed by atoms with E-state index in [1.165, 1.54) is 0 Å². The third-order valence-corrected chi connectivity index (χ3v) is 3.79. The number of amides is 1. The third-order valence-electron chi connectivity index (χ3n) is 3.79. The normalized spacial score (nSPS) is 17.5. The lowest BCUT2D eigenvalue weighted by atomic mass is 9.96. The molecule has 1 aromatic heterocycles. The number of aliphatic imine (C=N–C) groups is 1. The first-order valence-electron chi connectivity index (χ1n) is 8.30. The molecule has 1 amide bonds. The first-order valence-corrected chi connectivity index (χ1v) is 8.30. The minimum Gasteiger partial charge on any atom is -0.383 e. The van der Waals surface area contributed by atoms with Crippen LogP contribution in [0.5, 0.6) is 0 Å². The van der Waals surface area contributed by atoms with E-state index in [0.29, 0.717) is 30.7 Å². The van der Waals surface area contributed by atoms with Crippen LogP contribution in [0.3, 0.4) is 0 Å². The minimum absolute atomic E-state index is 0.0113. The molecule has 134 valence electrons. The standard InChI is InChI=1S/C16H27N5O3/c1-11-8-14(21-20-11)18-16(17-12(2)10-23-3)19-15(22)9-13-4-6-24-7-5-13/h8,12-13H,4-7,9-10H2,1-3H3,(H3,17,18,19,20,21,22). The Balaban J connectivity index is 2.00. The quantitative estimate of drug-likeness (QED) is 0.537. The highest BCUT2D eigenvalue weighted by molar-refractivity contribution is 6.00. The SMILES string of the molecule is COCC(C)N/C(=N/C(=O)CC1CCOCC1)Nc1cc(C)[nH]n1. The average molecular weight is 337 g/mol. The predicted molar refractivity (Wildman–Crippen MR) is 92.0 cm³/mol. The summed E-state index contributed by atoms with van der Waals surface area (Å²) in [6, 6.07) is 1.86. The second kappa shape index (κ2) is 9.39. The van der Waals surface area contributed by atoms with Crippen LogP contribution < -0.4 is 10.6 Å². The van der Waals surface area contributed by atoms with Gasteiger partial charge in [0.1, 0.15) is 0 Å². The molecule has 1 aromatic rings. The van der Waals surface area contributed by atoms with Gasteiger partial charge in [-0.1, -0.05) is 0 Å². The van der Waals surface area contributed by atoms with Crippen LogP contribution in [-0.4, -0.2) is 55.0 Å². The molecule has 24 heavy (non-hydrogen) atoms. The molecule has 0 aliphatic carbocycles. The molecule has 0 bridgehead atoms. The first-order chi connectivity index (χ1) is 11.6. The number of hydrogen-bond acceptors (Lipinski definition) is 4. The number of hydrogen-bond donors (Lipinski definition) is 3. The Bertz CT molecular complexity index is 552. The van der Waals surface area contributed by atoms with Crippen molar-refractivity contribution in [3.05, 3.63) is 11.8 Å². The van der Waals surface area contributed by atoms with Crippen LogP contribution in [0.2, 0.25) is 0 Å². The van der Waals surface area contributed by atoms with Gasteiger partial charge in [-0.2, -0.15) is 10.1 Å². The lowest BCUT2D eigenvalue weighted by Crippen LogP contribution is -2.40. The van der Waals surface area contributed by atoms with Crippen molar-refractivity contribution in [1.82, 2.24) is 15.5 Å². The van der Waals surface area contributed by atoms with Gasteiger partial charge in [0, 0.05) is 44.5 Å². The van der Waals surface area contributed by atoms with Gasteiger partial charge in [0.2, 0.25) is 11.9 Å². The first kappa shape index (κ1) is 18.4. The predicted octanol–water partition coefficient (Wildman–Crippen LogP) is 1.45. The number of methoxy groups -OCH3 is 1. The smallest absolute Gasteiger partial charge is 0.249 e. The van der Waals surface area contributed by atoms with Crippen molar-refractivity contribution >= 4 is 17.7 Å². The number of carbonyl (C=O) groups is 1. The fraction of sp³-hybridized carbons (Fsp3) is 0.688. The summed E-state index contributed by atoms with van der Waals surface area (Å²) in [5.41, 5.74) is 0.926. The zero-order valence-corrected chi connectivity index (χ0v) is 14.6. The molecule has 0 radical (unpaired) electrons. The lowest BCUT2D eigenvalue weighted by molar-refractivity contribution is -0.119. The maximum absolute atomic E-state index is 12.3. The molecule has 1 fully saturated rings. The van der Waals surface area contributed by atoms with Crippen LogP contribution in [0.1, 0.15) is 31.9 Å². The van der Waals surface area contributed by atoms with Crippen LogP contribution in [0, 0.1) is 12.8 Å². The Morgan fingerprint density at radius 2 is 2.29 bits per heavy atom. The maximum atomic E-state index is 12.3. The summed E-state index contributed by atoms with van der Waals surface area (Å²) < 4.78 is 10.4. The second-order valence-corrected chi connectivity index (χ2v) is 6.18. The Morgan fingerprint density at radius 3 is 2.92 bits per heavy atom. The number of rotatable bonds is 6. The lowest BCUT2D eigenvalue weighted by Gasteiger charge is -2.21. The second-order valence-electron chi connectivity index (χ2n) is 6.18. The van der Waals surface area contributed by atoms with Crippen molar-refractivity contribution in [2.24, 2.45) is 10.9 Å². The number of aromatic amines is 1. The Morgan fingerprint density at radius 1 is 1.54 bits per heavy atom. The molecule has 1 unspecified atom stereocenters. The molecule has 1 aliphatic heterocycles. The van der Waals surface area contributed by atoms with Crippen LogP contribution in [0.4, 0.5) is 5.82 Å². The number of nitrogens with zero attached hydrogens (tertiary/aromatic N) is 2. The molecule has 0 aromatic carbocycles. The van der Waals surface area contributed by atoms with E-state index in [9.17, 15) is 4.79 Å². The summed E-state index contributed by atoms with van der Waals surface area (Å²) in [7, 11) is 1.63. The number of aromatic nitrogens is 2. The summed E-state index contributed by atoms with van der Waals surface area (Å²) in [5.74, 6) is 1.21. The highest BCUT2D eigenvalue weighted by atomic mass is 16.5. The van der Waals surface area contributed by atoms with Crippen LogP contribution in [0.25, 0.3) is 0 Å². The number of aryl methyl sites for hydroxylation is 1. The Kier molecular flexibility index (Phi) is 7.20. The number of carbonyl (C=O) groups excluding carboxylic acids is 1. The van der Waals surface area contributed by atoms with Crippen LogP contribution in [0.15, 0.2) is 11.1 Å². The summed E-state index contributed by atoms with van der Waals surface area (Å²) in [6.45, 7) is 5.82. The highest BCUT2D eigenvalue weighted by Crippen LogP contribution is 2.18. The molecule has 0 spiro atoms. The van der Waals surface area contributed by atoms with Gasteiger partial charge in [0.15, 0.2) is 5.82 Å². The number of anilines is 1. The Labute approximate surface area is 142 Å². The topological polar surface area (TPSA) is 101 Å². The van der Waals surface area contributed by atoms with Gasteiger partial charge in [-0.15, -0.1) is 0 Å². The molecular weight excluding hydrogens is 310 g/mol. The monoisotopic (exact) mass is 337 g/mol. The van der Waals surface area contributed by atoms with Crippen molar-refractivity contribution in [3.8, 4) is 0 Å². The van der Waals surface area contributed by atoms with Gasteiger partial charge in [-0.05, 0) is 32.6 Å². The number of nitrogens with one attached hydrogen (secondary N) is 3. The zero-order chi connectivity index (χ0) is 17.4. The summed E-state index contributed by atoms with van der Waals surface area (Å²) in [6.07, 6.45) is 2.26. The van der Waals surface area contributed by atoms with Crippen LogP contribution >= 0.6 is 0 Å². The molecule has 1 aliphatic rings. The van der Waals surface area contributed by atoms with E-state index < -0.39 is 0 Å². The van der Waals surface area contributed by atoms with Crippen LogP contribution in [-0.2, 0) is 14.3 Å². The van der Waals surface area contributed by atoms with Crippen molar-refractivity contribution in [3.63, 3.8) is 0 Å². The largest absolute Gasteiger partial charge is 0.383 e. The van der Waals surface area contributed by atoms with E-state index in [4.69, 9.17) is 9.47 Å². The molecule has 0 saturated carbocycles. The number of guanidine groups is 1. The maximum Gasteiger partial charge on any atom is 0.249 e. The number of ether oxygens (including phenoxy) is 2. The van der Waals surface area contributed by atoms with Crippen molar-refractivity contribution in [2.45, 2.75) is 39.2 Å². The molecule has 2 rings (SSSR count). The van der Waals surface area contributed by atoms with Gasteiger partial charge in [0.25, 0.3) is 0 Å². The molecule has 8 nitrogen and oxygen atoms in total. The number of H-pyrrole nitrogens is 1. The van der Waals surface area contributed by atoms with Crippen molar-refractivity contribution in [1.29, 1.82) is 0 Å². The van der Waals surface area contributed by atoms with E-state index in [1.54, 1.807) is 7.11 Å². The molecule has 1 atom stereocenters. The molecule has 8 heteroatoms. The van der Waals surface area contributed by atoms with E-state index in [-0.39, 0.29) is 11.9 Å². The van der Waals surface area contributed by atoms with Gasteiger partial charge in [-0.25, -0.2) is 0 Å². The fourth-order valence-corrected chi connectivity index (χ4v) is 2.59. The van der Waals surface area contributed by atoms with Crippen molar-refractivity contribution in [2.75, 3.05) is 32.2 Å². The molecule has 2 heterocycles. The highest BCUT2D eigenvalue weighted by Gasteiger charge is 2.18. The van der Waals surface area contributed by atoms with E-state index in [1.807, 2.05) is 19.9 Å². The average Bonchev–Trinajstić information content (AvgIpc) is 2.93. The van der Waals surface area contributed by atoms with Gasteiger partial charge >= 0.3 is 0 Å². The van der Waals surface area contributed by atoms with Crippen molar-refractivity contribution < 1.29 is 14.3 Å². The molecule has 3 N–H and O–H groups in total. The summed E-state index contributed by atoms with van der Waals surface area (Å²) in [4.78, 5) is 16.5. The third kappa shape index (κ3) is 6.29. The van der Waals surface area contributed by atoms with Gasteiger partial charge in [-0.3, -0.25) is 9.89 Å². The zero-order valence-electron chi connectivity index (χ0n) is 14.6. The summed E-state index contributed by atoms with van der Waals surface area (Å²) >= 11 is 0. The van der Waals surface area contributed by atoms with E-state index >= 15 is 0 Å². The minimum atomic E-state index is -0.145. The Hall–Kier alpha value is -1.93. The van der Waals surface area contributed by atoms with E-state index in [0.717, 1.165) is 31.7 Å². The summed E-state index contributed by atoms with van der Waals surface area (Å²) in [5, 5.41) is 13.2.